The van der Waals surface area contributed by atoms with Crippen LogP contribution in [0.15, 0.2) is 58.9 Å². The van der Waals surface area contributed by atoms with Crippen molar-refractivity contribution in [1.82, 2.24) is 15.6 Å². The number of hydrogen-bond donors (Lipinski definition) is 3. The third kappa shape index (κ3) is 6.53. The fourth-order valence-electron chi connectivity index (χ4n) is 4.48. The maximum Gasteiger partial charge on any atom is 0.338 e. The van der Waals surface area contributed by atoms with Gasteiger partial charge in [0.2, 0.25) is 5.91 Å². The third-order valence-electron chi connectivity index (χ3n) is 6.48. The van der Waals surface area contributed by atoms with Crippen molar-refractivity contribution in [2.45, 2.75) is 26.3 Å². The van der Waals surface area contributed by atoms with Crippen LogP contribution in [-0.2, 0) is 20.7 Å². The summed E-state index contributed by atoms with van der Waals surface area (Å²) in [4.78, 5) is 33.6. The Morgan fingerprint density at radius 1 is 1.05 bits per heavy atom. The zero-order valence-corrected chi connectivity index (χ0v) is 24.1. The average molecular weight is 567 g/mol. The zero-order chi connectivity index (χ0) is 28.6. The van der Waals surface area contributed by atoms with Gasteiger partial charge in [-0.25, -0.2) is 9.79 Å². The molecule has 1 amide bonds. The molecule has 212 valence electrons. The van der Waals surface area contributed by atoms with Crippen LogP contribution in [0, 0.1) is 0 Å². The Morgan fingerprint density at radius 3 is 2.52 bits per heavy atom. The van der Waals surface area contributed by atoms with E-state index in [1.807, 2.05) is 24.4 Å². The van der Waals surface area contributed by atoms with Gasteiger partial charge in [0.15, 0.2) is 5.17 Å². The lowest BCUT2D eigenvalue weighted by molar-refractivity contribution is -0.139. The number of aliphatic imine (C=N–C) groups is 1. The van der Waals surface area contributed by atoms with Crippen LogP contribution >= 0.6 is 11.8 Å². The van der Waals surface area contributed by atoms with E-state index in [1.54, 1.807) is 53.4 Å². The molecule has 0 spiro atoms. The van der Waals surface area contributed by atoms with E-state index < -0.39 is 12.0 Å². The van der Waals surface area contributed by atoms with E-state index in [-0.39, 0.29) is 18.3 Å². The highest BCUT2D eigenvalue weighted by atomic mass is 32.2. The molecule has 3 aromatic rings. The van der Waals surface area contributed by atoms with Crippen molar-refractivity contribution in [3.63, 3.8) is 0 Å². The largest absolute Gasteiger partial charge is 0.497 e. The average Bonchev–Trinajstić information content (AvgIpc) is 3.37. The molecule has 1 unspecified atom stereocenters. The number of nitrogens with zero attached hydrogens (tertiary/aromatic N) is 1. The number of fused-ring (bicyclic) bond motifs is 1. The number of hydrogen-bond acceptors (Lipinski definition) is 9. The summed E-state index contributed by atoms with van der Waals surface area (Å²) in [5.74, 6) is 1.51. The summed E-state index contributed by atoms with van der Waals surface area (Å²) in [5, 5.41) is 7.72. The summed E-state index contributed by atoms with van der Waals surface area (Å²) in [6, 6.07) is 10.5. The molecule has 0 radical (unpaired) electrons. The summed E-state index contributed by atoms with van der Waals surface area (Å²) in [5.41, 5.74) is 3.75. The number of allylic oxidation sites excluding steroid dienone is 1. The van der Waals surface area contributed by atoms with Crippen LogP contribution in [0.4, 0.5) is 0 Å². The number of rotatable bonds is 11. The molecule has 2 heterocycles. The molecule has 4 rings (SSSR count). The van der Waals surface area contributed by atoms with Gasteiger partial charge in [0.05, 0.1) is 39.3 Å². The first-order valence-electron chi connectivity index (χ1n) is 12.9. The fraction of sp³-hybridized carbons (Fsp3) is 0.345. The number of amidine groups is 1. The highest BCUT2D eigenvalue weighted by Gasteiger charge is 2.32. The third-order valence-corrected chi connectivity index (χ3v) is 7.36. The molecule has 10 nitrogen and oxygen atoms in total. The number of aromatic amines is 1. The van der Waals surface area contributed by atoms with Crippen molar-refractivity contribution in [2.75, 3.05) is 40.2 Å². The lowest BCUT2D eigenvalue weighted by Crippen LogP contribution is -2.33. The quantitative estimate of drug-likeness (QED) is 0.296. The van der Waals surface area contributed by atoms with Crippen LogP contribution in [0.3, 0.4) is 0 Å². The first-order valence-corrected chi connectivity index (χ1v) is 13.8. The highest BCUT2D eigenvalue weighted by molar-refractivity contribution is 8.14. The van der Waals surface area contributed by atoms with E-state index in [0.29, 0.717) is 46.5 Å². The van der Waals surface area contributed by atoms with Crippen molar-refractivity contribution < 1.29 is 28.5 Å². The van der Waals surface area contributed by atoms with Crippen molar-refractivity contribution in [2.24, 2.45) is 4.99 Å². The Bertz CT molecular complexity index is 1450. The summed E-state index contributed by atoms with van der Waals surface area (Å²) in [6.07, 6.45) is 2.63. The van der Waals surface area contributed by atoms with Gasteiger partial charge in [-0.1, -0.05) is 11.8 Å². The minimum Gasteiger partial charge on any atom is -0.497 e. The number of aromatic nitrogens is 1. The van der Waals surface area contributed by atoms with Gasteiger partial charge in [-0.2, -0.15) is 0 Å². The highest BCUT2D eigenvalue weighted by Crippen LogP contribution is 2.39. The van der Waals surface area contributed by atoms with Gasteiger partial charge < -0.3 is 34.6 Å². The smallest absolute Gasteiger partial charge is 0.338 e. The zero-order valence-electron chi connectivity index (χ0n) is 23.3. The maximum atomic E-state index is 12.9. The summed E-state index contributed by atoms with van der Waals surface area (Å²) in [7, 11) is 4.77. The first-order chi connectivity index (χ1) is 19.4. The van der Waals surface area contributed by atoms with E-state index in [2.05, 4.69) is 15.6 Å². The second-order valence-corrected chi connectivity index (χ2v) is 9.91. The van der Waals surface area contributed by atoms with E-state index in [0.717, 1.165) is 22.2 Å². The molecule has 11 heteroatoms. The number of carbonyl (C=O) groups excluding carboxylic acids is 2. The molecule has 0 saturated carbocycles. The van der Waals surface area contributed by atoms with Gasteiger partial charge in [0, 0.05) is 34.9 Å². The van der Waals surface area contributed by atoms with Crippen molar-refractivity contribution in [3.8, 4) is 17.2 Å². The second kappa shape index (κ2) is 13.3. The number of carbonyl (C=O) groups is 2. The van der Waals surface area contributed by atoms with Gasteiger partial charge >= 0.3 is 5.97 Å². The number of methoxy groups -OCH3 is 3. The molecule has 1 atom stereocenters. The molecule has 40 heavy (non-hydrogen) atoms. The number of thioether (sulfide) groups is 1. The fourth-order valence-corrected chi connectivity index (χ4v) is 5.26. The van der Waals surface area contributed by atoms with Crippen LogP contribution in [0.5, 0.6) is 17.2 Å². The van der Waals surface area contributed by atoms with Crippen LogP contribution in [0.25, 0.3) is 10.9 Å². The molecular weight excluding hydrogens is 532 g/mol. The molecule has 0 saturated heterocycles. The second-order valence-electron chi connectivity index (χ2n) is 8.94. The normalized spacial score (nSPS) is 14.8. The van der Waals surface area contributed by atoms with Gasteiger partial charge in [0.25, 0.3) is 0 Å². The van der Waals surface area contributed by atoms with Crippen LogP contribution in [-0.4, -0.2) is 62.3 Å². The topological polar surface area (TPSA) is 123 Å². The number of H-pyrrole nitrogens is 1. The predicted molar refractivity (Wildman–Crippen MR) is 156 cm³/mol. The molecule has 3 N–H and O–H groups in total. The number of esters is 1. The molecule has 1 aliphatic heterocycles. The van der Waals surface area contributed by atoms with Crippen LogP contribution < -0.4 is 24.8 Å². The van der Waals surface area contributed by atoms with Gasteiger partial charge in [-0.3, -0.25) is 4.79 Å². The Morgan fingerprint density at radius 2 is 1.80 bits per heavy atom. The Labute approximate surface area is 237 Å². The van der Waals surface area contributed by atoms with Crippen LogP contribution in [0.1, 0.15) is 31.0 Å². The van der Waals surface area contributed by atoms with E-state index in [1.165, 1.54) is 11.8 Å². The summed E-state index contributed by atoms with van der Waals surface area (Å²) >= 11 is 1.26. The molecule has 0 aliphatic carbocycles. The first kappa shape index (κ1) is 28.9. The minimum atomic E-state index is -0.699. The van der Waals surface area contributed by atoms with E-state index >= 15 is 0 Å². The standard InChI is InChI=1S/C29H34N4O6S/c1-6-39-28(35)26-17(2)32-29(33-27(26)22-14-20(37-4)8-10-24(22)38-5)40-16-25(34)30-12-11-18-15-31-23-9-7-19(36-3)13-21(18)23/h7-10,13-15,27,31H,6,11-12,16H2,1-5H3,(H,30,34)(H,32,33). The lowest BCUT2D eigenvalue weighted by atomic mass is 9.95. The molecule has 2 aromatic carbocycles. The molecular formula is C29H34N4O6S. The summed E-state index contributed by atoms with van der Waals surface area (Å²) in [6.45, 7) is 4.26. The Hall–Kier alpha value is -4.12. The molecule has 1 aromatic heterocycles. The van der Waals surface area contributed by atoms with Crippen molar-refractivity contribution >= 4 is 39.7 Å². The Kier molecular flexibility index (Phi) is 9.60. The SMILES string of the molecule is CCOC(=O)C1=C(C)NC(SCC(=O)NCCc2c[nH]c3ccc(OC)cc23)=NC1c1cc(OC)ccc1OC. The van der Waals surface area contributed by atoms with Crippen molar-refractivity contribution in [3.05, 3.63) is 65.0 Å². The van der Waals surface area contributed by atoms with E-state index in [9.17, 15) is 9.59 Å². The molecule has 1 aliphatic rings. The maximum absolute atomic E-state index is 12.9. The minimum absolute atomic E-state index is 0.125. The number of amides is 1. The van der Waals surface area contributed by atoms with Crippen LogP contribution in [0.2, 0.25) is 0 Å². The van der Waals surface area contributed by atoms with Gasteiger partial charge in [-0.05, 0) is 62.2 Å². The number of nitrogens with one attached hydrogen (secondary N) is 3. The monoisotopic (exact) mass is 566 g/mol. The Balaban J connectivity index is 1.44. The van der Waals surface area contributed by atoms with Gasteiger partial charge in [-0.15, -0.1) is 0 Å². The van der Waals surface area contributed by atoms with E-state index in [4.69, 9.17) is 23.9 Å². The molecule has 0 bridgehead atoms. The lowest BCUT2D eigenvalue weighted by Gasteiger charge is -2.27. The van der Waals surface area contributed by atoms with Crippen molar-refractivity contribution in [1.29, 1.82) is 0 Å². The van der Waals surface area contributed by atoms with Gasteiger partial charge in [0.1, 0.15) is 23.3 Å². The number of ether oxygens (including phenoxy) is 4. The summed E-state index contributed by atoms with van der Waals surface area (Å²) < 4.78 is 21.6. The molecule has 0 fully saturated rings. The predicted octanol–water partition coefficient (Wildman–Crippen LogP) is 4.12. The number of benzene rings is 2.